The molecule has 2 nitrogen and oxygen atoms in total. The van der Waals surface area contributed by atoms with E-state index in [1.54, 1.807) is 11.8 Å². The Morgan fingerprint density at radius 3 is 2.62 bits per heavy atom. The number of unbranched alkanes of at least 4 members (excludes halogenated alkanes) is 3. The van der Waals surface area contributed by atoms with E-state index in [0.29, 0.717) is 6.61 Å². The molecule has 0 saturated heterocycles. The number of halogens is 1. The van der Waals surface area contributed by atoms with Gasteiger partial charge < -0.3 is 10.8 Å². The number of hydrogen-bond donors (Lipinski definition) is 2. The van der Waals surface area contributed by atoms with Crippen LogP contribution in [0.5, 0.6) is 0 Å². The SMILES string of the molecule is Nc1cccc(Cl)c1SCCCCCCO. The van der Waals surface area contributed by atoms with Gasteiger partial charge in [0.2, 0.25) is 0 Å². The first-order valence-corrected chi connectivity index (χ1v) is 6.89. The van der Waals surface area contributed by atoms with Gasteiger partial charge in [-0.15, -0.1) is 11.8 Å². The Bertz CT molecular complexity index is 300. The van der Waals surface area contributed by atoms with Crippen LogP contribution in [0.1, 0.15) is 25.7 Å². The Kier molecular flexibility index (Phi) is 6.69. The van der Waals surface area contributed by atoms with Crippen molar-refractivity contribution < 1.29 is 5.11 Å². The summed E-state index contributed by atoms with van der Waals surface area (Å²) in [6.07, 6.45) is 4.28. The number of nitrogens with two attached hydrogens (primary N) is 1. The van der Waals surface area contributed by atoms with Crippen molar-refractivity contribution in [3.8, 4) is 0 Å². The highest BCUT2D eigenvalue weighted by atomic mass is 35.5. The van der Waals surface area contributed by atoms with Gasteiger partial charge in [0.1, 0.15) is 0 Å². The lowest BCUT2D eigenvalue weighted by atomic mass is 10.2. The fourth-order valence-electron chi connectivity index (χ4n) is 1.42. The number of nitrogen functional groups attached to an aromatic ring is 1. The molecule has 0 aliphatic carbocycles. The normalized spacial score (nSPS) is 10.6. The third-order valence-corrected chi connectivity index (χ3v) is 3.96. The van der Waals surface area contributed by atoms with Crippen molar-refractivity contribution in [1.29, 1.82) is 0 Å². The van der Waals surface area contributed by atoms with Crippen molar-refractivity contribution in [2.24, 2.45) is 0 Å². The van der Waals surface area contributed by atoms with Gasteiger partial charge in [-0.05, 0) is 30.7 Å². The molecule has 0 radical (unpaired) electrons. The summed E-state index contributed by atoms with van der Waals surface area (Å²) in [4.78, 5) is 0.992. The highest BCUT2D eigenvalue weighted by Crippen LogP contribution is 2.32. The van der Waals surface area contributed by atoms with E-state index in [9.17, 15) is 0 Å². The zero-order chi connectivity index (χ0) is 11.8. The Hall–Kier alpha value is -0.380. The zero-order valence-electron chi connectivity index (χ0n) is 9.29. The van der Waals surface area contributed by atoms with Gasteiger partial charge in [0, 0.05) is 17.2 Å². The van der Waals surface area contributed by atoms with Crippen molar-refractivity contribution in [3.05, 3.63) is 23.2 Å². The maximum Gasteiger partial charge on any atom is 0.0562 e. The lowest BCUT2D eigenvalue weighted by Crippen LogP contribution is -1.90. The number of thioether (sulfide) groups is 1. The molecule has 0 bridgehead atoms. The monoisotopic (exact) mass is 259 g/mol. The van der Waals surface area contributed by atoms with Crippen LogP contribution >= 0.6 is 23.4 Å². The van der Waals surface area contributed by atoms with E-state index < -0.39 is 0 Å². The fourth-order valence-corrected chi connectivity index (χ4v) is 2.76. The van der Waals surface area contributed by atoms with Crippen molar-refractivity contribution in [2.45, 2.75) is 30.6 Å². The fraction of sp³-hybridized carbons (Fsp3) is 0.500. The van der Waals surface area contributed by atoms with Crippen molar-refractivity contribution in [2.75, 3.05) is 18.1 Å². The molecule has 0 aromatic heterocycles. The van der Waals surface area contributed by atoms with Crippen LogP contribution in [0.25, 0.3) is 0 Å². The molecular weight excluding hydrogens is 242 g/mol. The Morgan fingerprint density at radius 1 is 1.19 bits per heavy atom. The van der Waals surface area contributed by atoms with Crippen LogP contribution in [-0.4, -0.2) is 17.5 Å². The van der Waals surface area contributed by atoms with Gasteiger partial charge in [-0.25, -0.2) is 0 Å². The molecular formula is C12H18ClNOS. The first-order valence-electron chi connectivity index (χ1n) is 5.53. The maximum atomic E-state index is 8.63. The molecule has 0 aliphatic rings. The van der Waals surface area contributed by atoms with Gasteiger partial charge in [-0.2, -0.15) is 0 Å². The minimum absolute atomic E-state index is 0.296. The van der Waals surface area contributed by atoms with E-state index in [4.69, 9.17) is 22.4 Å². The number of hydrogen-bond acceptors (Lipinski definition) is 3. The molecule has 0 fully saturated rings. The molecule has 0 unspecified atom stereocenters. The van der Waals surface area contributed by atoms with Crippen molar-refractivity contribution in [1.82, 2.24) is 0 Å². The Morgan fingerprint density at radius 2 is 1.94 bits per heavy atom. The van der Waals surface area contributed by atoms with E-state index in [-0.39, 0.29) is 0 Å². The molecule has 3 N–H and O–H groups in total. The van der Waals surface area contributed by atoms with Crippen LogP contribution in [0.2, 0.25) is 5.02 Å². The van der Waals surface area contributed by atoms with Crippen LogP contribution in [0.15, 0.2) is 23.1 Å². The standard InChI is InChI=1S/C12H18ClNOS/c13-10-6-5-7-11(14)12(10)16-9-4-2-1-3-8-15/h5-7,15H,1-4,8-9,14H2. The second kappa shape index (κ2) is 7.82. The lowest BCUT2D eigenvalue weighted by molar-refractivity contribution is 0.283. The van der Waals surface area contributed by atoms with E-state index in [1.165, 1.54) is 0 Å². The zero-order valence-corrected chi connectivity index (χ0v) is 10.9. The first-order chi connectivity index (χ1) is 7.75. The Labute approximate surface area is 106 Å². The van der Waals surface area contributed by atoms with Gasteiger partial charge in [-0.3, -0.25) is 0 Å². The van der Waals surface area contributed by atoms with Gasteiger partial charge in [0.05, 0.1) is 5.02 Å². The molecule has 4 heteroatoms. The summed E-state index contributed by atoms with van der Waals surface area (Å²) in [6.45, 7) is 0.296. The van der Waals surface area contributed by atoms with Crippen LogP contribution in [0.4, 0.5) is 5.69 Å². The van der Waals surface area contributed by atoms with E-state index in [0.717, 1.165) is 47.0 Å². The maximum absolute atomic E-state index is 8.63. The Balaban J connectivity index is 2.26. The number of aliphatic hydroxyl groups is 1. The molecule has 16 heavy (non-hydrogen) atoms. The molecule has 1 rings (SSSR count). The number of aliphatic hydroxyl groups excluding tert-OH is 1. The van der Waals surface area contributed by atoms with Crippen LogP contribution in [0.3, 0.4) is 0 Å². The molecule has 0 saturated carbocycles. The first kappa shape index (κ1) is 13.7. The van der Waals surface area contributed by atoms with E-state index in [2.05, 4.69) is 0 Å². The molecule has 0 atom stereocenters. The molecule has 1 aromatic rings. The highest BCUT2D eigenvalue weighted by Gasteiger charge is 2.04. The van der Waals surface area contributed by atoms with E-state index >= 15 is 0 Å². The topological polar surface area (TPSA) is 46.2 Å². The summed E-state index contributed by atoms with van der Waals surface area (Å²) in [5, 5.41) is 9.37. The summed E-state index contributed by atoms with van der Waals surface area (Å²) < 4.78 is 0. The minimum Gasteiger partial charge on any atom is -0.398 e. The lowest BCUT2D eigenvalue weighted by Gasteiger charge is -2.07. The van der Waals surface area contributed by atoms with Crippen molar-refractivity contribution in [3.63, 3.8) is 0 Å². The third kappa shape index (κ3) is 4.64. The number of rotatable bonds is 7. The molecule has 0 spiro atoms. The van der Waals surface area contributed by atoms with Gasteiger partial charge in [0.15, 0.2) is 0 Å². The summed E-state index contributed by atoms with van der Waals surface area (Å²) in [6, 6.07) is 5.61. The second-order valence-corrected chi connectivity index (χ2v) is 5.16. The predicted octanol–water partition coefficient (Wildman–Crippen LogP) is 3.57. The summed E-state index contributed by atoms with van der Waals surface area (Å²) in [5.41, 5.74) is 6.60. The molecule has 90 valence electrons. The van der Waals surface area contributed by atoms with Crippen LogP contribution < -0.4 is 5.73 Å². The summed E-state index contributed by atoms with van der Waals surface area (Å²) in [5.74, 6) is 1.03. The molecule has 0 amide bonds. The summed E-state index contributed by atoms with van der Waals surface area (Å²) >= 11 is 7.77. The van der Waals surface area contributed by atoms with Crippen LogP contribution in [-0.2, 0) is 0 Å². The highest BCUT2D eigenvalue weighted by molar-refractivity contribution is 7.99. The minimum atomic E-state index is 0.296. The predicted molar refractivity (Wildman–Crippen MR) is 72.1 cm³/mol. The average molecular weight is 260 g/mol. The van der Waals surface area contributed by atoms with Gasteiger partial charge in [0.25, 0.3) is 0 Å². The van der Waals surface area contributed by atoms with Gasteiger partial charge >= 0.3 is 0 Å². The van der Waals surface area contributed by atoms with Crippen molar-refractivity contribution >= 4 is 29.1 Å². The average Bonchev–Trinajstić information content (AvgIpc) is 2.26. The van der Waals surface area contributed by atoms with E-state index in [1.807, 2.05) is 18.2 Å². The smallest absolute Gasteiger partial charge is 0.0562 e. The largest absolute Gasteiger partial charge is 0.398 e. The number of anilines is 1. The molecule has 0 aliphatic heterocycles. The summed E-state index contributed by atoms with van der Waals surface area (Å²) in [7, 11) is 0. The van der Waals surface area contributed by atoms with Crippen LogP contribution in [0, 0.1) is 0 Å². The third-order valence-electron chi connectivity index (χ3n) is 2.30. The second-order valence-electron chi connectivity index (χ2n) is 3.64. The molecule has 0 heterocycles. The number of benzene rings is 1. The quantitative estimate of drug-likeness (QED) is 0.447. The van der Waals surface area contributed by atoms with Gasteiger partial charge in [-0.1, -0.05) is 30.5 Å². The molecule has 1 aromatic carbocycles.